The van der Waals surface area contributed by atoms with Gasteiger partial charge < -0.3 is 4.90 Å². The van der Waals surface area contributed by atoms with E-state index >= 15 is 0 Å². The topological polar surface area (TPSA) is 60.9 Å². The van der Waals surface area contributed by atoms with Gasteiger partial charge >= 0.3 is 0 Å². The average molecular weight is 351 g/mol. The molecule has 1 amide bonds. The monoisotopic (exact) mass is 351 g/mol. The zero-order valence-corrected chi connectivity index (χ0v) is 15.1. The molecule has 0 saturated carbocycles. The summed E-state index contributed by atoms with van der Waals surface area (Å²) >= 11 is 0. The summed E-state index contributed by atoms with van der Waals surface area (Å²) in [5.74, 6) is 0.0195. The molecule has 6 nitrogen and oxygen atoms in total. The van der Waals surface area contributed by atoms with Crippen LogP contribution in [0.1, 0.15) is 25.3 Å². The molecule has 0 N–H and O–H groups in total. The van der Waals surface area contributed by atoms with Crippen LogP contribution >= 0.6 is 0 Å². The number of sulfonamides is 1. The first-order chi connectivity index (χ1) is 11.4. The van der Waals surface area contributed by atoms with E-state index in [0.717, 1.165) is 31.5 Å². The molecule has 2 aliphatic rings. The van der Waals surface area contributed by atoms with Crippen molar-refractivity contribution in [3.05, 3.63) is 29.8 Å². The third-order valence-corrected chi connectivity index (χ3v) is 6.66. The maximum absolute atomic E-state index is 12.8. The number of benzene rings is 1. The van der Waals surface area contributed by atoms with E-state index in [4.69, 9.17) is 0 Å². The second kappa shape index (κ2) is 6.82. The number of amides is 1. The summed E-state index contributed by atoms with van der Waals surface area (Å²) < 4.78 is 27.0. The highest BCUT2D eigenvalue weighted by Gasteiger charge is 2.38. The zero-order chi connectivity index (χ0) is 17.3. The van der Waals surface area contributed by atoms with Crippen molar-refractivity contribution in [2.45, 2.75) is 37.6 Å². The highest BCUT2D eigenvalue weighted by Crippen LogP contribution is 2.23. The van der Waals surface area contributed by atoms with Crippen LogP contribution in [0.5, 0.6) is 0 Å². The Morgan fingerprint density at radius 1 is 1.17 bits per heavy atom. The van der Waals surface area contributed by atoms with Crippen molar-refractivity contribution in [3.63, 3.8) is 0 Å². The van der Waals surface area contributed by atoms with Gasteiger partial charge in [-0.1, -0.05) is 17.7 Å². The Balaban J connectivity index is 1.70. The van der Waals surface area contributed by atoms with Crippen molar-refractivity contribution >= 4 is 15.9 Å². The molecule has 0 bridgehead atoms. The molecule has 0 radical (unpaired) electrons. The molecule has 2 fully saturated rings. The lowest BCUT2D eigenvalue weighted by Gasteiger charge is -2.24. The molecule has 0 aliphatic carbocycles. The predicted molar refractivity (Wildman–Crippen MR) is 91.9 cm³/mol. The molecule has 2 aliphatic heterocycles. The van der Waals surface area contributed by atoms with Gasteiger partial charge in [-0.3, -0.25) is 9.69 Å². The Bertz CT molecular complexity index is 696. The first kappa shape index (κ1) is 17.4. The number of aryl methyl sites for hydroxylation is 1. The van der Waals surface area contributed by atoms with Gasteiger partial charge in [0, 0.05) is 12.6 Å². The first-order valence-corrected chi connectivity index (χ1v) is 9.90. The molecule has 2 heterocycles. The van der Waals surface area contributed by atoms with E-state index in [1.54, 1.807) is 29.2 Å². The highest BCUT2D eigenvalue weighted by molar-refractivity contribution is 7.89. The van der Waals surface area contributed by atoms with Gasteiger partial charge in [0.25, 0.3) is 0 Å². The first-order valence-electron chi connectivity index (χ1n) is 8.46. The Morgan fingerprint density at radius 3 is 2.42 bits per heavy atom. The lowest BCUT2D eigenvalue weighted by molar-refractivity contribution is -0.132. The van der Waals surface area contributed by atoms with Crippen molar-refractivity contribution in [3.8, 4) is 0 Å². The molecule has 0 aromatic heterocycles. The fourth-order valence-corrected chi connectivity index (χ4v) is 4.81. The lowest BCUT2D eigenvalue weighted by Crippen LogP contribution is -2.42. The fraction of sp³-hybridized carbons (Fsp3) is 0.588. The zero-order valence-electron chi connectivity index (χ0n) is 14.3. The maximum atomic E-state index is 12.8. The third kappa shape index (κ3) is 3.48. The van der Waals surface area contributed by atoms with Gasteiger partial charge in [-0.05, 0) is 51.9 Å². The smallest absolute Gasteiger partial charge is 0.244 e. The van der Waals surface area contributed by atoms with Crippen LogP contribution in [0.4, 0.5) is 0 Å². The van der Waals surface area contributed by atoms with Crippen LogP contribution in [-0.2, 0) is 14.8 Å². The summed E-state index contributed by atoms with van der Waals surface area (Å²) in [4.78, 5) is 16.6. The van der Waals surface area contributed by atoms with E-state index in [1.165, 1.54) is 4.31 Å². The molecule has 7 heteroatoms. The average Bonchev–Trinajstić information content (AvgIpc) is 3.17. The standard InChI is InChI=1S/C17H25N3O3S/c1-14-5-7-16(8-6-14)24(22,23)19-11-15(2)20(13-19)17(21)12-18-9-3-4-10-18/h5-8,15H,3-4,9-13H2,1-2H3/t15-/m1/s1. The fourth-order valence-electron chi connectivity index (χ4n) is 3.34. The molecule has 1 aromatic rings. The predicted octanol–water partition coefficient (Wildman–Crippen LogP) is 1.27. The number of likely N-dealkylation sites (tertiary alicyclic amines) is 1. The largest absolute Gasteiger partial charge is 0.324 e. The molecule has 24 heavy (non-hydrogen) atoms. The molecule has 2 saturated heterocycles. The molecule has 1 aromatic carbocycles. The van der Waals surface area contributed by atoms with Gasteiger partial charge in [0.2, 0.25) is 15.9 Å². The van der Waals surface area contributed by atoms with E-state index < -0.39 is 10.0 Å². The molecule has 132 valence electrons. The summed E-state index contributed by atoms with van der Waals surface area (Å²) in [6.07, 6.45) is 2.27. The minimum atomic E-state index is -3.56. The van der Waals surface area contributed by atoms with Gasteiger partial charge in [0.05, 0.1) is 18.1 Å². The number of hydrogen-bond acceptors (Lipinski definition) is 4. The number of carbonyl (C=O) groups is 1. The Labute approximate surface area is 144 Å². The number of rotatable bonds is 4. The van der Waals surface area contributed by atoms with Crippen molar-refractivity contribution < 1.29 is 13.2 Å². The summed E-state index contributed by atoms with van der Waals surface area (Å²) in [6, 6.07) is 6.75. The molecule has 1 atom stereocenters. The number of hydrogen-bond donors (Lipinski definition) is 0. The molecule has 0 unspecified atom stereocenters. The van der Waals surface area contributed by atoms with E-state index in [0.29, 0.717) is 13.1 Å². The van der Waals surface area contributed by atoms with Crippen LogP contribution < -0.4 is 0 Å². The van der Waals surface area contributed by atoms with E-state index in [1.807, 2.05) is 13.8 Å². The van der Waals surface area contributed by atoms with Crippen molar-refractivity contribution in [2.24, 2.45) is 0 Å². The van der Waals surface area contributed by atoms with E-state index in [2.05, 4.69) is 4.90 Å². The second-order valence-corrected chi connectivity index (χ2v) is 8.73. The normalized spacial score (nSPS) is 23.1. The Kier molecular flexibility index (Phi) is 4.94. The molecule has 3 rings (SSSR count). The minimum absolute atomic E-state index is 0.0195. The van der Waals surface area contributed by atoms with Crippen LogP contribution in [0.15, 0.2) is 29.2 Å². The summed E-state index contributed by atoms with van der Waals surface area (Å²) in [7, 11) is -3.56. The van der Waals surface area contributed by atoms with Gasteiger partial charge in [-0.2, -0.15) is 4.31 Å². The third-order valence-electron chi connectivity index (χ3n) is 4.85. The van der Waals surface area contributed by atoms with Gasteiger partial charge in [-0.15, -0.1) is 0 Å². The van der Waals surface area contributed by atoms with Crippen LogP contribution in [0.2, 0.25) is 0 Å². The van der Waals surface area contributed by atoms with Crippen LogP contribution in [0.25, 0.3) is 0 Å². The number of nitrogens with zero attached hydrogens (tertiary/aromatic N) is 3. The van der Waals surface area contributed by atoms with Crippen LogP contribution in [-0.4, -0.2) is 67.3 Å². The second-order valence-electron chi connectivity index (χ2n) is 6.79. The quantitative estimate of drug-likeness (QED) is 0.820. The summed E-state index contributed by atoms with van der Waals surface area (Å²) in [6.45, 7) is 6.63. The van der Waals surface area contributed by atoms with Crippen molar-refractivity contribution in [2.75, 3.05) is 32.8 Å². The van der Waals surface area contributed by atoms with E-state index in [-0.39, 0.29) is 23.5 Å². The van der Waals surface area contributed by atoms with Crippen molar-refractivity contribution in [1.29, 1.82) is 0 Å². The molecular weight excluding hydrogens is 326 g/mol. The number of carbonyl (C=O) groups excluding carboxylic acids is 1. The van der Waals surface area contributed by atoms with E-state index in [9.17, 15) is 13.2 Å². The van der Waals surface area contributed by atoms with Crippen LogP contribution in [0.3, 0.4) is 0 Å². The lowest BCUT2D eigenvalue weighted by atomic mass is 10.2. The molecule has 0 spiro atoms. The van der Waals surface area contributed by atoms with Gasteiger partial charge in [0.15, 0.2) is 0 Å². The summed E-state index contributed by atoms with van der Waals surface area (Å²) in [5, 5.41) is 0. The van der Waals surface area contributed by atoms with Gasteiger partial charge in [-0.25, -0.2) is 8.42 Å². The van der Waals surface area contributed by atoms with Crippen molar-refractivity contribution in [1.82, 2.24) is 14.1 Å². The molecular formula is C17H25N3O3S. The minimum Gasteiger partial charge on any atom is -0.324 e. The van der Waals surface area contributed by atoms with Gasteiger partial charge in [0.1, 0.15) is 0 Å². The highest BCUT2D eigenvalue weighted by atomic mass is 32.2. The maximum Gasteiger partial charge on any atom is 0.244 e. The Hall–Kier alpha value is -1.44. The van der Waals surface area contributed by atoms with Crippen LogP contribution in [0, 0.1) is 6.92 Å². The summed E-state index contributed by atoms with van der Waals surface area (Å²) in [5.41, 5.74) is 1.02. The Morgan fingerprint density at radius 2 is 1.79 bits per heavy atom. The SMILES string of the molecule is Cc1ccc(S(=O)(=O)N2C[C@@H](C)N(C(=O)CN3CCCC3)C2)cc1.